The van der Waals surface area contributed by atoms with Crippen LogP contribution >= 0.6 is 15.9 Å². The van der Waals surface area contributed by atoms with Crippen molar-refractivity contribution in [2.45, 2.75) is 13.1 Å². The van der Waals surface area contributed by atoms with Gasteiger partial charge in [-0.15, -0.1) is 0 Å². The lowest BCUT2D eigenvalue weighted by molar-refractivity contribution is 0.936. The summed E-state index contributed by atoms with van der Waals surface area (Å²) in [4.78, 5) is 3.53. The molecule has 0 aliphatic carbocycles. The summed E-state index contributed by atoms with van der Waals surface area (Å²) in [6.45, 7) is 2.15. The van der Waals surface area contributed by atoms with Crippen molar-refractivity contribution in [1.29, 1.82) is 0 Å². The molecule has 0 spiro atoms. The third-order valence-electron chi connectivity index (χ3n) is 5.80. The first-order valence-corrected chi connectivity index (χ1v) is 10.2. The molecule has 0 bridgehead atoms. The molecule has 0 fully saturated rings. The van der Waals surface area contributed by atoms with Crippen molar-refractivity contribution in [2.24, 2.45) is 0 Å². The number of aromatic nitrogens is 1. The molecule has 1 aliphatic rings. The van der Waals surface area contributed by atoms with E-state index in [1.165, 1.54) is 55.1 Å². The molecule has 0 amide bonds. The number of hydrogen-bond donors (Lipinski definition) is 3. The molecule has 3 nitrogen and oxygen atoms in total. The van der Waals surface area contributed by atoms with Crippen LogP contribution in [0.25, 0.3) is 32.4 Å². The Morgan fingerprint density at radius 3 is 2.14 bits per heavy atom. The molecular weight excluding hydrogens is 410 g/mol. The Balaban J connectivity index is 1.62. The van der Waals surface area contributed by atoms with Crippen LogP contribution in [0.15, 0.2) is 71.2 Å². The van der Waals surface area contributed by atoms with Gasteiger partial charge in [0.05, 0.1) is 11.4 Å². The first-order valence-electron chi connectivity index (χ1n) is 9.45. The fraction of sp³-hybridized carbons (Fsp3) is 0.0833. The third kappa shape index (κ3) is 2.15. The molecule has 0 saturated carbocycles. The fourth-order valence-corrected chi connectivity index (χ4v) is 4.96. The monoisotopic (exact) mass is 427 g/mol. The molecule has 0 radical (unpaired) electrons. The number of halogens is 1. The van der Waals surface area contributed by atoms with Gasteiger partial charge in [0.1, 0.15) is 6.17 Å². The second-order valence-corrected chi connectivity index (χ2v) is 8.33. The zero-order valence-corrected chi connectivity index (χ0v) is 16.9. The van der Waals surface area contributed by atoms with Crippen LogP contribution in [0.3, 0.4) is 0 Å². The molecule has 2 heterocycles. The molecule has 28 heavy (non-hydrogen) atoms. The number of anilines is 2. The van der Waals surface area contributed by atoms with E-state index >= 15 is 0 Å². The summed E-state index contributed by atoms with van der Waals surface area (Å²) in [6.07, 6.45) is 0.0313. The lowest BCUT2D eigenvalue weighted by Gasteiger charge is -2.13. The molecule has 5 aromatic rings. The van der Waals surface area contributed by atoms with Gasteiger partial charge in [0.25, 0.3) is 0 Å². The second-order valence-electron chi connectivity index (χ2n) is 7.42. The number of aryl methyl sites for hydroxylation is 1. The van der Waals surface area contributed by atoms with Gasteiger partial charge in [-0.1, -0.05) is 64.5 Å². The Labute approximate surface area is 170 Å². The van der Waals surface area contributed by atoms with Gasteiger partial charge < -0.3 is 15.6 Å². The maximum atomic E-state index is 3.78. The number of H-pyrrole nitrogens is 1. The van der Waals surface area contributed by atoms with Gasteiger partial charge >= 0.3 is 0 Å². The molecule has 1 atom stereocenters. The second kappa shape index (κ2) is 5.76. The van der Waals surface area contributed by atoms with Crippen molar-refractivity contribution in [3.05, 3.63) is 82.5 Å². The van der Waals surface area contributed by atoms with Crippen LogP contribution in [0.1, 0.15) is 17.4 Å². The van der Waals surface area contributed by atoms with Crippen molar-refractivity contribution in [3.63, 3.8) is 0 Å². The minimum Gasteiger partial charge on any atom is -0.359 e. The fourth-order valence-electron chi connectivity index (χ4n) is 4.60. The Kier molecular flexibility index (Phi) is 3.29. The molecular formula is C24H18BrN3. The number of nitrogens with one attached hydrogen (secondary N) is 3. The van der Waals surface area contributed by atoms with Crippen molar-refractivity contribution in [3.8, 4) is 0 Å². The van der Waals surface area contributed by atoms with Crippen LogP contribution in [-0.2, 0) is 0 Å². The molecule has 4 heteroatoms. The van der Waals surface area contributed by atoms with Crippen molar-refractivity contribution < 1.29 is 0 Å². The highest BCUT2D eigenvalue weighted by Gasteiger charge is 2.28. The first-order chi connectivity index (χ1) is 13.7. The van der Waals surface area contributed by atoms with Crippen LogP contribution in [0, 0.1) is 6.92 Å². The summed E-state index contributed by atoms with van der Waals surface area (Å²) in [5.74, 6) is 0. The molecule has 3 N–H and O–H groups in total. The number of fused-ring (bicyclic) bond motifs is 7. The van der Waals surface area contributed by atoms with Gasteiger partial charge in [-0.3, -0.25) is 0 Å². The normalized spacial score (nSPS) is 15.7. The average Bonchev–Trinajstić information content (AvgIpc) is 3.28. The molecule has 6 rings (SSSR count). The van der Waals surface area contributed by atoms with E-state index in [1.54, 1.807) is 0 Å². The van der Waals surface area contributed by atoms with Gasteiger partial charge in [0.2, 0.25) is 0 Å². The number of benzene rings is 4. The minimum absolute atomic E-state index is 0.0313. The molecule has 0 saturated heterocycles. The smallest absolute Gasteiger partial charge is 0.126 e. The predicted octanol–water partition coefficient (Wildman–Crippen LogP) is 7.08. The van der Waals surface area contributed by atoms with Gasteiger partial charge in [-0.2, -0.15) is 0 Å². The molecule has 136 valence electrons. The van der Waals surface area contributed by atoms with E-state index in [2.05, 4.69) is 105 Å². The number of para-hydroxylation sites is 1. The van der Waals surface area contributed by atoms with Gasteiger partial charge in [0, 0.05) is 37.4 Å². The van der Waals surface area contributed by atoms with E-state index < -0.39 is 0 Å². The zero-order valence-electron chi connectivity index (χ0n) is 15.3. The summed E-state index contributed by atoms with van der Waals surface area (Å²) in [7, 11) is 0. The molecule has 4 aromatic carbocycles. The number of hydrogen-bond acceptors (Lipinski definition) is 2. The topological polar surface area (TPSA) is 39.9 Å². The average molecular weight is 428 g/mol. The van der Waals surface area contributed by atoms with Crippen LogP contribution in [-0.4, -0.2) is 4.98 Å². The van der Waals surface area contributed by atoms with Crippen LogP contribution in [0.2, 0.25) is 0 Å². The lowest BCUT2D eigenvalue weighted by atomic mass is 9.99. The highest BCUT2D eigenvalue weighted by molar-refractivity contribution is 9.10. The van der Waals surface area contributed by atoms with Crippen molar-refractivity contribution >= 4 is 59.8 Å². The molecule has 1 aliphatic heterocycles. The summed E-state index contributed by atoms with van der Waals surface area (Å²) in [5.41, 5.74) is 6.00. The van der Waals surface area contributed by atoms with Gasteiger partial charge in [-0.25, -0.2) is 0 Å². The van der Waals surface area contributed by atoms with E-state index in [9.17, 15) is 0 Å². The van der Waals surface area contributed by atoms with Crippen LogP contribution in [0.4, 0.5) is 11.4 Å². The predicted molar refractivity (Wildman–Crippen MR) is 122 cm³/mol. The largest absolute Gasteiger partial charge is 0.359 e. The maximum absolute atomic E-state index is 3.78. The summed E-state index contributed by atoms with van der Waals surface area (Å²) in [6, 6.07) is 23.6. The number of rotatable bonds is 1. The summed E-state index contributed by atoms with van der Waals surface area (Å²) in [5, 5.41) is 13.8. The van der Waals surface area contributed by atoms with Crippen LogP contribution < -0.4 is 10.6 Å². The van der Waals surface area contributed by atoms with Gasteiger partial charge in [0.15, 0.2) is 0 Å². The summed E-state index contributed by atoms with van der Waals surface area (Å²) < 4.78 is 1.10. The van der Waals surface area contributed by atoms with E-state index in [0.29, 0.717) is 0 Å². The minimum atomic E-state index is 0.0313. The molecule has 1 unspecified atom stereocenters. The van der Waals surface area contributed by atoms with Crippen LogP contribution in [0.5, 0.6) is 0 Å². The highest BCUT2D eigenvalue weighted by Crippen LogP contribution is 2.48. The third-order valence-corrected chi connectivity index (χ3v) is 6.29. The maximum Gasteiger partial charge on any atom is 0.126 e. The zero-order chi connectivity index (χ0) is 18.8. The Morgan fingerprint density at radius 1 is 0.714 bits per heavy atom. The van der Waals surface area contributed by atoms with Crippen molar-refractivity contribution in [1.82, 2.24) is 4.98 Å². The Bertz CT molecular complexity index is 1400. The van der Waals surface area contributed by atoms with E-state index in [4.69, 9.17) is 0 Å². The van der Waals surface area contributed by atoms with E-state index in [0.717, 1.165) is 4.47 Å². The first kappa shape index (κ1) is 16.0. The van der Waals surface area contributed by atoms with Gasteiger partial charge in [-0.05, 0) is 35.9 Å². The highest BCUT2D eigenvalue weighted by atomic mass is 79.9. The van der Waals surface area contributed by atoms with Crippen molar-refractivity contribution in [2.75, 3.05) is 10.6 Å². The molecule has 1 aromatic heterocycles. The quantitative estimate of drug-likeness (QED) is 0.250. The Hall–Kier alpha value is -2.98. The summed E-state index contributed by atoms with van der Waals surface area (Å²) >= 11 is 3.64. The van der Waals surface area contributed by atoms with E-state index in [-0.39, 0.29) is 6.17 Å². The van der Waals surface area contributed by atoms with E-state index in [1.807, 2.05) is 0 Å². The lowest BCUT2D eigenvalue weighted by Crippen LogP contribution is -2.13. The Morgan fingerprint density at radius 2 is 1.36 bits per heavy atom. The SMILES string of the molecule is Cc1[nH]c2ccccc2c1C1Nc2c(c3ccc(Br)cc3c3ccccc23)N1. The standard InChI is InChI=1S/C24H18BrN3/c1-13-21(18-8-4-5-9-20(18)26-13)24-27-22-16-7-3-2-6-15(16)19-12-14(25)10-11-17(19)23(22)28-24/h2-12,24,26-28H,1H3. The number of aromatic amines is 1.